The molecule has 0 N–H and O–H groups in total. The van der Waals surface area contributed by atoms with Crippen LogP contribution in [0, 0.1) is 15.9 Å². The normalized spacial score (nSPS) is 10.3. The van der Waals surface area contributed by atoms with Gasteiger partial charge in [-0.2, -0.15) is 5.10 Å². The molecule has 0 saturated heterocycles. The second-order valence-electron chi connectivity index (χ2n) is 3.67. The van der Waals surface area contributed by atoms with E-state index in [1.807, 2.05) is 0 Å². The van der Waals surface area contributed by atoms with E-state index in [1.54, 1.807) is 0 Å². The van der Waals surface area contributed by atoms with Crippen molar-refractivity contribution in [2.45, 2.75) is 0 Å². The molecule has 20 heavy (non-hydrogen) atoms. The van der Waals surface area contributed by atoms with Gasteiger partial charge in [-0.15, -0.1) is 0 Å². The molecule has 2 rings (SSSR count). The largest absolute Gasteiger partial charge is 0.465 e. The summed E-state index contributed by atoms with van der Waals surface area (Å²) in [6.07, 6.45) is 2.55. The van der Waals surface area contributed by atoms with Crippen molar-refractivity contribution in [3.63, 3.8) is 0 Å². The van der Waals surface area contributed by atoms with Crippen molar-refractivity contribution in [1.82, 2.24) is 9.78 Å². The summed E-state index contributed by atoms with van der Waals surface area (Å²) in [6, 6.07) is 1.62. The Kier molecular flexibility index (Phi) is 3.66. The monoisotopic (exact) mass is 299 g/mol. The molecule has 0 spiro atoms. The Labute approximate surface area is 116 Å². The molecule has 104 valence electrons. The zero-order valence-corrected chi connectivity index (χ0v) is 10.8. The van der Waals surface area contributed by atoms with Crippen molar-refractivity contribution >= 4 is 23.3 Å². The van der Waals surface area contributed by atoms with Crippen LogP contribution in [0.25, 0.3) is 5.69 Å². The van der Waals surface area contributed by atoms with E-state index in [1.165, 1.54) is 12.4 Å². The molecule has 0 bridgehead atoms. The number of esters is 1. The fourth-order valence-electron chi connectivity index (χ4n) is 1.58. The zero-order valence-electron chi connectivity index (χ0n) is 10.0. The molecule has 1 heterocycles. The average Bonchev–Trinajstić information content (AvgIpc) is 2.84. The molecule has 0 unspecified atom stereocenters. The van der Waals surface area contributed by atoms with Crippen LogP contribution in [0.5, 0.6) is 0 Å². The molecule has 0 saturated carbocycles. The van der Waals surface area contributed by atoms with Crippen molar-refractivity contribution in [1.29, 1.82) is 0 Å². The summed E-state index contributed by atoms with van der Waals surface area (Å²) in [7, 11) is 1.08. The maximum Gasteiger partial charge on any atom is 0.340 e. The van der Waals surface area contributed by atoms with Gasteiger partial charge in [0.25, 0.3) is 5.69 Å². The number of hydrogen-bond donors (Lipinski definition) is 0. The Morgan fingerprint density at radius 3 is 2.75 bits per heavy atom. The van der Waals surface area contributed by atoms with E-state index >= 15 is 0 Å². The summed E-state index contributed by atoms with van der Waals surface area (Å²) in [4.78, 5) is 21.6. The van der Waals surface area contributed by atoms with Gasteiger partial charge in [0.1, 0.15) is 11.5 Å². The Bertz CT molecular complexity index is 701. The topological polar surface area (TPSA) is 87.3 Å². The average molecular weight is 300 g/mol. The predicted octanol–water partition coefficient (Wildman–Crippen LogP) is 2.36. The lowest BCUT2D eigenvalue weighted by molar-refractivity contribution is -0.384. The molecular weight excluding hydrogens is 293 g/mol. The molecule has 2 aromatic rings. The third-order valence-electron chi connectivity index (χ3n) is 2.46. The van der Waals surface area contributed by atoms with Gasteiger partial charge in [-0.1, -0.05) is 11.6 Å². The van der Waals surface area contributed by atoms with Crippen molar-refractivity contribution in [3.05, 3.63) is 51.0 Å². The molecule has 9 heteroatoms. The lowest BCUT2D eigenvalue weighted by Gasteiger charge is -2.06. The van der Waals surface area contributed by atoms with Gasteiger partial charge in [0, 0.05) is 6.20 Å². The molecule has 0 aliphatic heterocycles. The third-order valence-corrected chi connectivity index (χ3v) is 2.66. The van der Waals surface area contributed by atoms with E-state index < -0.39 is 28.0 Å². The summed E-state index contributed by atoms with van der Waals surface area (Å²) in [6.45, 7) is 0. The number of aromatic nitrogens is 2. The molecule has 1 aromatic heterocycles. The SMILES string of the molecule is COC(=O)c1cc(-n2cc(Cl)cn2)c([N+](=O)[O-])cc1F. The van der Waals surface area contributed by atoms with Crippen LogP contribution in [0.1, 0.15) is 10.4 Å². The van der Waals surface area contributed by atoms with Gasteiger partial charge in [0.05, 0.1) is 34.9 Å². The number of nitro groups is 1. The summed E-state index contributed by atoms with van der Waals surface area (Å²) in [5, 5.41) is 15.0. The lowest BCUT2D eigenvalue weighted by atomic mass is 10.1. The van der Waals surface area contributed by atoms with Crippen LogP contribution in [0.15, 0.2) is 24.5 Å². The van der Waals surface area contributed by atoms with Gasteiger partial charge in [0.15, 0.2) is 0 Å². The van der Waals surface area contributed by atoms with Gasteiger partial charge in [-0.05, 0) is 6.07 Å². The highest BCUT2D eigenvalue weighted by Gasteiger charge is 2.23. The zero-order chi connectivity index (χ0) is 14.9. The first-order valence-corrected chi connectivity index (χ1v) is 5.58. The Balaban J connectivity index is 2.69. The van der Waals surface area contributed by atoms with Crippen LogP contribution in [0.4, 0.5) is 10.1 Å². The highest BCUT2D eigenvalue weighted by molar-refractivity contribution is 6.30. The van der Waals surface area contributed by atoms with E-state index in [4.69, 9.17) is 11.6 Å². The first kappa shape index (κ1) is 13.9. The molecular formula is C11H7ClFN3O4. The van der Waals surface area contributed by atoms with Gasteiger partial charge in [-0.3, -0.25) is 10.1 Å². The number of nitrogens with zero attached hydrogens (tertiary/aromatic N) is 3. The van der Waals surface area contributed by atoms with Crippen molar-refractivity contribution < 1.29 is 18.8 Å². The quantitative estimate of drug-likeness (QED) is 0.493. The minimum absolute atomic E-state index is 0.0938. The maximum absolute atomic E-state index is 13.7. The van der Waals surface area contributed by atoms with E-state index in [-0.39, 0.29) is 10.7 Å². The van der Waals surface area contributed by atoms with E-state index in [0.29, 0.717) is 6.07 Å². The van der Waals surface area contributed by atoms with E-state index in [2.05, 4.69) is 9.84 Å². The van der Waals surface area contributed by atoms with Crippen molar-refractivity contribution in [2.75, 3.05) is 7.11 Å². The van der Waals surface area contributed by atoms with Crippen LogP contribution in [0.3, 0.4) is 0 Å². The summed E-state index contributed by atoms with van der Waals surface area (Å²) in [5.41, 5.74) is -1.07. The predicted molar refractivity (Wildman–Crippen MR) is 66.5 cm³/mol. The van der Waals surface area contributed by atoms with E-state index in [0.717, 1.165) is 17.9 Å². The van der Waals surface area contributed by atoms with Crippen LogP contribution < -0.4 is 0 Å². The smallest absolute Gasteiger partial charge is 0.340 e. The number of hydrogen-bond acceptors (Lipinski definition) is 5. The summed E-state index contributed by atoms with van der Waals surface area (Å²) < 4.78 is 19.2. The van der Waals surface area contributed by atoms with Gasteiger partial charge in [0.2, 0.25) is 0 Å². The van der Waals surface area contributed by atoms with Gasteiger partial charge >= 0.3 is 5.97 Å². The molecule has 1 aromatic carbocycles. The first-order chi connectivity index (χ1) is 9.43. The second kappa shape index (κ2) is 5.25. The Morgan fingerprint density at radius 1 is 1.55 bits per heavy atom. The number of methoxy groups -OCH3 is 1. The van der Waals surface area contributed by atoms with Crippen molar-refractivity contribution in [2.24, 2.45) is 0 Å². The van der Waals surface area contributed by atoms with Crippen LogP contribution in [-0.4, -0.2) is 27.8 Å². The fourth-order valence-corrected chi connectivity index (χ4v) is 1.72. The van der Waals surface area contributed by atoms with Crippen LogP contribution in [-0.2, 0) is 4.74 Å². The highest BCUT2D eigenvalue weighted by atomic mass is 35.5. The standard InChI is InChI=1S/C11H7ClFN3O4/c1-20-11(17)7-2-9(15-5-6(12)4-14-15)10(16(18)19)3-8(7)13/h2-5H,1H3. The lowest BCUT2D eigenvalue weighted by Crippen LogP contribution is -2.09. The van der Waals surface area contributed by atoms with Crippen LogP contribution >= 0.6 is 11.6 Å². The number of ether oxygens (including phenoxy) is 1. The molecule has 7 nitrogen and oxygen atoms in total. The van der Waals surface area contributed by atoms with Crippen LogP contribution in [0.2, 0.25) is 5.02 Å². The maximum atomic E-state index is 13.7. The molecule has 0 radical (unpaired) electrons. The second-order valence-corrected chi connectivity index (χ2v) is 4.11. The number of carbonyl (C=O) groups excluding carboxylic acids is 1. The molecule has 0 amide bonds. The highest BCUT2D eigenvalue weighted by Crippen LogP contribution is 2.27. The Hall–Kier alpha value is -2.48. The molecule has 0 atom stereocenters. The summed E-state index contributed by atoms with van der Waals surface area (Å²) >= 11 is 5.68. The minimum atomic E-state index is -1.05. The third kappa shape index (κ3) is 2.45. The first-order valence-electron chi connectivity index (χ1n) is 5.21. The molecule has 0 aliphatic carbocycles. The van der Waals surface area contributed by atoms with Crippen molar-refractivity contribution in [3.8, 4) is 5.69 Å². The summed E-state index contributed by atoms with van der Waals surface area (Å²) in [5.74, 6) is -2.00. The van der Waals surface area contributed by atoms with Gasteiger partial charge < -0.3 is 4.74 Å². The number of halogens is 2. The van der Waals surface area contributed by atoms with E-state index in [9.17, 15) is 19.3 Å². The van der Waals surface area contributed by atoms with Gasteiger partial charge in [-0.25, -0.2) is 13.9 Å². The number of benzene rings is 1. The number of nitro benzene ring substituents is 1. The molecule has 0 aliphatic rings. The number of carbonyl (C=O) groups is 1. The minimum Gasteiger partial charge on any atom is -0.465 e. The number of rotatable bonds is 3. The molecule has 0 fully saturated rings. The Morgan fingerprint density at radius 2 is 2.25 bits per heavy atom. The fraction of sp³-hybridized carbons (Fsp3) is 0.0909.